The number of rotatable bonds is 5. The smallest absolute Gasteiger partial charge is 0.319 e. The zero-order valence-corrected chi connectivity index (χ0v) is 12.0. The van der Waals surface area contributed by atoms with E-state index in [4.69, 9.17) is 4.74 Å². The standard InChI is InChI=1S/C15H23N3O2/c1-12-5-2-3-7-14(12)20-10-9-17-15(19)18-13-6-4-8-16-11-13/h4,6,8,11-12,14H,2-3,5,7,9-10H2,1H3,(H2,17,18,19)/t12-,14+/m0/s1. The number of hydrogen-bond acceptors (Lipinski definition) is 3. The summed E-state index contributed by atoms with van der Waals surface area (Å²) in [6.45, 7) is 3.33. The molecule has 0 aromatic carbocycles. The predicted octanol–water partition coefficient (Wildman–Crippen LogP) is 2.80. The lowest BCUT2D eigenvalue weighted by Crippen LogP contribution is -2.34. The molecule has 110 valence electrons. The van der Waals surface area contributed by atoms with Gasteiger partial charge in [-0.2, -0.15) is 0 Å². The van der Waals surface area contributed by atoms with E-state index in [2.05, 4.69) is 22.5 Å². The van der Waals surface area contributed by atoms with Crippen LogP contribution < -0.4 is 10.6 Å². The largest absolute Gasteiger partial charge is 0.376 e. The third kappa shape index (κ3) is 4.81. The molecular formula is C15H23N3O2. The minimum atomic E-state index is -0.224. The molecule has 1 fully saturated rings. The lowest BCUT2D eigenvalue weighted by atomic mass is 9.88. The number of carbonyl (C=O) groups is 1. The molecule has 0 unspecified atom stereocenters. The molecule has 20 heavy (non-hydrogen) atoms. The van der Waals surface area contributed by atoms with Crippen LogP contribution in [0, 0.1) is 5.92 Å². The zero-order valence-electron chi connectivity index (χ0n) is 12.0. The summed E-state index contributed by atoms with van der Waals surface area (Å²) >= 11 is 0. The SMILES string of the molecule is C[C@H]1CCCC[C@H]1OCCNC(=O)Nc1cccnc1. The Bertz CT molecular complexity index is 411. The molecule has 5 nitrogen and oxygen atoms in total. The van der Waals surface area contributed by atoms with Crippen LogP contribution in [0.3, 0.4) is 0 Å². The van der Waals surface area contributed by atoms with Gasteiger partial charge in [-0.3, -0.25) is 4.98 Å². The van der Waals surface area contributed by atoms with E-state index in [1.165, 1.54) is 19.3 Å². The van der Waals surface area contributed by atoms with E-state index in [9.17, 15) is 4.79 Å². The van der Waals surface area contributed by atoms with Gasteiger partial charge in [0, 0.05) is 12.7 Å². The lowest BCUT2D eigenvalue weighted by molar-refractivity contribution is -0.00232. The number of anilines is 1. The number of nitrogens with one attached hydrogen (secondary N) is 2. The van der Waals surface area contributed by atoms with Crippen LogP contribution in [0.2, 0.25) is 0 Å². The first-order chi connectivity index (χ1) is 9.75. The van der Waals surface area contributed by atoms with E-state index in [1.807, 2.05) is 0 Å². The molecule has 2 rings (SSSR count). The predicted molar refractivity (Wildman–Crippen MR) is 78.6 cm³/mol. The summed E-state index contributed by atoms with van der Waals surface area (Å²) in [4.78, 5) is 15.6. The highest BCUT2D eigenvalue weighted by Crippen LogP contribution is 2.25. The van der Waals surface area contributed by atoms with Crippen molar-refractivity contribution < 1.29 is 9.53 Å². The summed E-state index contributed by atoms with van der Waals surface area (Å²) in [5, 5.41) is 5.50. The first-order valence-corrected chi connectivity index (χ1v) is 7.32. The summed E-state index contributed by atoms with van der Waals surface area (Å²) in [7, 11) is 0. The van der Waals surface area contributed by atoms with E-state index in [-0.39, 0.29) is 6.03 Å². The molecule has 0 radical (unpaired) electrons. The van der Waals surface area contributed by atoms with Crippen molar-refractivity contribution >= 4 is 11.7 Å². The number of ether oxygens (including phenoxy) is 1. The Morgan fingerprint density at radius 3 is 3.05 bits per heavy atom. The fraction of sp³-hybridized carbons (Fsp3) is 0.600. The van der Waals surface area contributed by atoms with E-state index >= 15 is 0 Å². The van der Waals surface area contributed by atoms with Crippen molar-refractivity contribution in [3.63, 3.8) is 0 Å². The molecule has 2 atom stereocenters. The first-order valence-electron chi connectivity index (χ1n) is 7.32. The summed E-state index contributed by atoms with van der Waals surface area (Å²) < 4.78 is 5.84. The summed E-state index contributed by atoms with van der Waals surface area (Å²) in [6.07, 6.45) is 8.59. The van der Waals surface area contributed by atoms with E-state index < -0.39 is 0 Å². The van der Waals surface area contributed by atoms with E-state index in [1.54, 1.807) is 24.5 Å². The Labute approximate surface area is 120 Å². The highest BCUT2D eigenvalue weighted by Gasteiger charge is 2.21. The van der Waals surface area contributed by atoms with Crippen molar-refractivity contribution in [1.29, 1.82) is 0 Å². The Hall–Kier alpha value is -1.62. The molecule has 1 heterocycles. The average molecular weight is 277 g/mol. The molecule has 0 spiro atoms. The maximum absolute atomic E-state index is 11.6. The van der Waals surface area contributed by atoms with Crippen molar-refractivity contribution in [3.05, 3.63) is 24.5 Å². The molecular weight excluding hydrogens is 254 g/mol. The first kappa shape index (κ1) is 14.8. The lowest BCUT2D eigenvalue weighted by Gasteiger charge is -2.28. The minimum Gasteiger partial charge on any atom is -0.376 e. The number of aromatic nitrogens is 1. The molecule has 1 saturated carbocycles. The number of amides is 2. The molecule has 0 aliphatic heterocycles. The van der Waals surface area contributed by atoms with Crippen LogP contribution in [0.25, 0.3) is 0 Å². The molecule has 0 bridgehead atoms. The van der Waals surface area contributed by atoms with Crippen LogP contribution in [0.4, 0.5) is 10.5 Å². The van der Waals surface area contributed by atoms with Crippen molar-refractivity contribution in [2.24, 2.45) is 5.92 Å². The Balaban J connectivity index is 1.60. The topological polar surface area (TPSA) is 63.2 Å². The summed E-state index contributed by atoms with van der Waals surface area (Å²) in [6, 6.07) is 3.36. The highest BCUT2D eigenvalue weighted by molar-refractivity contribution is 5.88. The summed E-state index contributed by atoms with van der Waals surface area (Å²) in [5.41, 5.74) is 0.687. The third-order valence-corrected chi connectivity index (χ3v) is 3.67. The van der Waals surface area contributed by atoms with Crippen molar-refractivity contribution in [1.82, 2.24) is 10.3 Å². The second-order valence-electron chi connectivity index (χ2n) is 5.29. The van der Waals surface area contributed by atoms with Crippen LogP contribution >= 0.6 is 0 Å². The molecule has 1 aliphatic carbocycles. The molecule has 0 saturated heterocycles. The molecule has 1 aromatic rings. The van der Waals surface area contributed by atoms with Gasteiger partial charge in [0.15, 0.2) is 0 Å². The zero-order chi connectivity index (χ0) is 14.2. The molecule has 1 aliphatic rings. The molecule has 2 amide bonds. The van der Waals surface area contributed by atoms with E-state index in [0.717, 1.165) is 6.42 Å². The van der Waals surface area contributed by atoms with Gasteiger partial charge in [0.2, 0.25) is 0 Å². The number of pyridine rings is 1. The van der Waals surface area contributed by atoms with Crippen LogP contribution in [-0.4, -0.2) is 30.3 Å². The summed E-state index contributed by atoms with van der Waals surface area (Å²) in [5.74, 6) is 0.632. The maximum atomic E-state index is 11.6. The second kappa shape index (κ2) is 7.85. The molecule has 1 aromatic heterocycles. The Kier molecular flexibility index (Phi) is 5.80. The number of urea groups is 1. The third-order valence-electron chi connectivity index (χ3n) is 3.67. The Morgan fingerprint density at radius 1 is 1.45 bits per heavy atom. The van der Waals surface area contributed by atoms with Crippen molar-refractivity contribution in [3.8, 4) is 0 Å². The minimum absolute atomic E-state index is 0.224. The van der Waals surface area contributed by atoms with Crippen molar-refractivity contribution in [2.45, 2.75) is 38.7 Å². The fourth-order valence-corrected chi connectivity index (χ4v) is 2.52. The highest BCUT2D eigenvalue weighted by atomic mass is 16.5. The van der Waals surface area contributed by atoms with E-state index in [0.29, 0.717) is 30.9 Å². The van der Waals surface area contributed by atoms with Gasteiger partial charge < -0.3 is 15.4 Å². The van der Waals surface area contributed by atoms with Crippen molar-refractivity contribution in [2.75, 3.05) is 18.5 Å². The molecule has 5 heteroatoms. The Morgan fingerprint density at radius 2 is 2.30 bits per heavy atom. The van der Waals surface area contributed by atoms with Gasteiger partial charge in [0.1, 0.15) is 0 Å². The van der Waals surface area contributed by atoms with Gasteiger partial charge in [-0.15, -0.1) is 0 Å². The van der Waals surface area contributed by atoms with Crippen LogP contribution in [0.5, 0.6) is 0 Å². The monoisotopic (exact) mass is 277 g/mol. The van der Waals surface area contributed by atoms with Crippen LogP contribution in [-0.2, 0) is 4.74 Å². The van der Waals surface area contributed by atoms with Gasteiger partial charge in [0.25, 0.3) is 0 Å². The number of nitrogens with zero attached hydrogens (tertiary/aromatic N) is 1. The normalized spacial score (nSPS) is 22.2. The quantitative estimate of drug-likeness (QED) is 0.813. The maximum Gasteiger partial charge on any atom is 0.319 e. The van der Waals surface area contributed by atoms with Crippen LogP contribution in [0.15, 0.2) is 24.5 Å². The van der Waals surface area contributed by atoms with Gasteiger partial charge in [-0.1, -0.05) is 19.8 Å². The fourth-order valence-electron chi connectivity index (χ4n) is 2.52. The van der Waals surface area contributed by atoms with Crippen LogP contribution in [0.1, 0.15) is 32.6 Å². The van der Waals surface area contributed by atoms with Gasteiger partial charge >= 0.3 is 6.03 Å². The average Bonchev–Trinajstić information content (AvgIpc) is 2.46. The van der Waals surface area contributed by atoms with Gasteiger partial charge in [-0.25, -0.2) is 4.79 Å². The number of hydrogen-bond donors (Lipinski definition) is 2. The van der Waals surface area contributed by atoms with Gasteiger partial charge in [0.05, 0.1) is 24.6 Å². The van der Waals surface area contributed by atoms with Gasteiger partial charge in [-0.05, 0) is 30.9 Å². The second-order valence-corrected chi connectivity index (χ2v) is 5.29. The number of carbonyl (C=O) groups excluding carboxylic acids is 1. The molecule has 2 N–H and O–H groups in total.